The highest BCUT2D eigenvalue weighted by molar-refractivity contribution is 7.94. The van der Waals surface area contributed by atoms with E-state index in [-0.39, 0.29) is 4.90 Å². The SMILES string of the molecule is CCCCC/C=C/CO[C@@H](/C=C/S(=O)(=O)c1ccccc1)c1ccccc1. The molecule has 4 heteroatoms. The van der Waals surface area contributed by atoms with Crippen molar-refractivity contribution < 1.29 is 13.2 Å². The van der Waals surface area contributed by atoms with Crippen LogP contribution in [0, 0.1) is 0 Å². The minimum atomic E-state index is -3.49. The zero-order valence-corrected chi connectivity index (χ0v) is 16.6. The third-order valence-corrected chi connectivity index (χ3v) is 5.59. The zero-order valence-electron chi connectivity index (χ0n) is 15.8. The Bertz CT molecular complexity index is 809. The van der Waals surface area contributed by atoms with E-state index in [4.69, 9.17) is 4.74 Å². The second-order valence-electron chi connectivity index (χ2n) is 6.32. The van der Waals surface area contributed by atoms with Gasteiger partial charge in [0.25, 0.3) is 0 Å². The Labute approximate surface area is 163 Å². The highest BCUT2D eigenvalue weighted by Gasteiger charge is 2.13. The van der Waals surface area contributed by atoms with Gasteiger partial charge in [0.15, 0.2) is 9.84 Å². The first-order valence-corrected chi connectivity index (χ1v) is 11.0. The zero-order chi connectivity index (χ0) is 19.4. The summed E-state index contributed by atoms with van der Waals surface area (Å²) >= 11 is 0. The summed E-state index contributed by atoms with van der Waals surface area (Å²) in [7, 11) is -3.49. The van der Waals surface area contributed by atoms with Gasteiger partial charge in [-0.1, -0.05) is 80.4 Å². The molecule has 0 spiro atoms. The van der Waals surface area contributed by atoms with Gasteiger partial charge in [0.1, 0.15) is 6.10 Å². The lowest BCUT2D eigenvalue weighted by molar-refractivity contribution is 0.110. The molecule has 2 aromatic carbocycles. The van der Waals surface area contributed by atoms with Crippen LogP contribution in [0.4, 0.5) is 0 Å². The average Bonchev–Trinajstić information content (AvgIpc) is 2.71. The summed E-state index contributed by atoms with van der Waals surface area (Å²) in [6, 6.07) is 18.1. The molecule has 0 amide bonds. The van der Waals surface area contributed by atoms with E-state index in [9.17, 15) is 8.42 Å². The Hall–Kier alpha value is -2.17. The van der Waals surface area contributed by atoms with Gasteiger partial charge in [-0.25, -0.2) is 8.42 Å². The van der Waals surface area contributed by atoms with Gasteiger partial charge in [0.05, 0.1) is 11.5 Å². The lowest BCUT2D eigenvalue weighted by atomic mass is 10.1. The lowest BCUT2D eigenvalue weighted by Crippen LogP contribution is -2.03. The van der Waals surface area contributed by atoms with Crippen molar-refractivity contribution in [2.24, 2.45) is 0 Å². The van der Waals surface area contributed by atoms with Gasteiger partial charge < -0.3 is 4.74 Å². The fourth-order valence-corrected chi connectivity index (χ4v) is 3.67. The average molecular weight is 385 g/mol. The summed E-state index contributed by atoms with van der Waals surface area (Å²) in [5.74, 6) is 0. The van der Waals surface area contributed by atoms with Crippen LogP contribution in [0.3, 0.4) is 0 Å². The van der Waals surface area contributed by atoms with Crippen LogP contribution in [0.5, 0.6) is 0 Å². The maximum absolute atomic E-state index is 12.5. The van der Waals surface area contributed by atoms with E-state index >= 15 is 0 Å². The third-order valence-electron chi connectivity index (χ3n) is 4.15. The maximum atomic E-state index is 12.5. The fourth-order valence-electron chi connectivity index (χ4n) is 2.63. The Morgan fingerprint density at radius 1 is 0.926 bits per heavy atom. The molecular formula is C23H28O3S. The second kappa shape index (κ2) is 11.5. The summed E-state index contributed by atoms with van der Waals surface area (Å²) in [6.07, 6.45) is 10.0. The summed E-state index contributed by atoms with van der Waals surface area (Å²) in [6.45, 7) is 2.63. The largest absolute Gasteiger partial charge is 0.365 e. The molecule has 0 saturated heterocycles. The molecule has 2 rings (SSSR count). The number of sulfone groups is 1. The smallest absolute Gasteiger partial charge is 0.199 e. The normalized spacial score (nSPS) is 13.4. The van der Waals surface area contributed by atoms with E-state index in [1.165, 1.54) is 24.7 Å². The predicted molar refractivity (Wildman–Crippen MR) is 111 cm³/mol. The van der Waals surface area contributed by atoms with Gasteiger partial charge >= 0.3 is 0 Å². The molecule has 3 nitrogen and oxygen atoms in total. The van der Waals surface area contributed by atoms with E-state index in [1.54, 1.807) is 36.4 Å². The van der Waals surface area contributed by atoms with E-state index in [1.807, 2.05) is 36.4 Å². The molecule has 2 aromatic rings. The number of allylic oxidation sites excluding steroid dienone is 1. The van der Waals surface area contributed by atoms with Crippen LogP contribution in [0.1, 0.15) is 44.3 Å². The molecule has 1 atom stereocenters. The molecule has 0 heterocycles. The first kappa shape index (κ1) is 21.1. The Morgan fingerprint density at radius 2 is 1.59 bits per heavy atom. The number of benzene rings is 2. The number of rotatable bonds is 11. The van der Waals surface area contributed by atoms with E-state index in [2.05, 4.69) is 13.0 Å². The van der Waals surface area contributed by atoms with Crippen LogP contribution in [0.25, 0.3) is 0 Å². The lowest BCUT2D eigenvalue weighted by Gasteiger charge is -2.13. The highest BCUT2D eigenvalue weighted by Crippen LogP contribution is 2.21. The quantitative estimate of drug-likeness (QED) is 0.359. The monoisotopic (exact) mass is 384 g/mol. The topological polar surface area (TPSA) is 43.4 Å². The Morgan fingerprint density at radius 3 is 2.26 bits per heavy atom. The molecule has 0 bridgehead atoms. The molecule has 0 unspecified atom stereocenters. The predicted octanol–water partition coefficient (Wildman–Crippen LogP) is 5.87. The van der Waals surface area contributed by atoms with E-state index in [0.717, 1.165) is 12.0 Å². The minimum absolute atomic E-state index is 0.281. The Balaban J connectivity index is 2.05. The number of hydrogen-bond donors (Lipinski definition) is 0. The second-order valence-corrected chi connectivity index (χ2v) is 8.15. The van der Waals surface area contributed by atoms with Crippen molar-refractivity contribution in [1.29, 1.82) is 0 Å². The minimum Gasteiger partial charge on any atom is -0.365 e. The molecule has 0 radical (unpaired) electrons. The molecule has 0 N–H and O–H groups in total. The molecule has 0 aliphatic rings. The van der Waals surface area contributed by atoms with Crippen molar-refractivity contribution in [3.05, 3.63) is 89.9 Å². The summed E-state index contributed by atoms with van der Waals surface area (Å²) in [5.41, 5.74) is 0.927. The number of hydrogen-bond acceptors (Lipinski definition) is 3. The van der Waals surface area contributed by atoms with Gasteiger partial charge in [-0.2, -0.15) is 0 Å². The number of ether oxygens (including phenoxy) is 1. The van der Waals surface area contributed by atoms with Crippen LogP contribution in [-0.2, 0) is 14.6 Å². The molecule has 144 valence electrons. The molecule has 0 aromatic heterocycles. The van der Waals surface area contributed by atoms with Crippen LogP contribution < -0.4 is 0 Å². The van der Waals surface area contributed by atoms with Gasteiger partial charge in [0.2, 0.25) is 0 Å². The van der Waals surface area contributed by atoms with Gasteiger partial charge in [0, 0.05) is 5.41 Å². The van der Waals surface area contributed by atoms with Crippen molar-refractivity contribution in [3.63, 3.8) is 0 Å². The van der Waals surface area contributed by atoms with Crippen molar-refractivity contribution in [3.8, 4) is 0 Å². The maximum Gasteiger partial charge on any atom is 0.199 e. The summed E-state index contributed by atoms with van der Waals surface area (Å²) in [4.78, 5) is 0.281. The first-order chi connectivity index (χ1) is 13.1. The molecule has 0 aliphatic carbocycles. The highest BCUT2D eigenvalue weighted by atomic mass is 32.2. The van der Waals surface area contributed by atoms with E-state index in [0.29, 0.717) is 6.61 Å². The summed E-state index contributed by atoms with van der Waals surface area (Å²) < 4.78 is 30.9. The van der Waals surface area contributed by atoms with Crippen LogP contribution in [0.15, 0.2) is 89.2 Å². The molecule has 0 saturated carbocycles. The van der Waals surface area contributed by atoms with Crippen LogP contribution >= 0.6 is 0 Å². The molecular weight excluding hydrogens is 356 g/mol. The number of unbranched alkanes of at least 4 members (excludes halogenated alkanes) is 3. The van der Waals surface area contributed by atoms with Gasteiger partial charge in [-0.05, 0) is 36.6 Å². The van der Waals surface area contributed by atoms with E-state index < -0.39 is 15.9 Å². The van der Waals surface area contributed by atoms with Gasteiger partial charge in [-0.15, -0.1) is 0 Å². The molecule has 0 fully saturated rings. The fraction of sp³-hybridized carbons (Fsp3) is 0.304. The van der Waals surface area contributed by atoms with Crippen molar-refractivity contribution in [2.45, 2.75) is 43.6 Å². The third kappa shape index (κ3) is 7.53. The van der Waals surface area contributed by atoms with Crippen molar-refractivity contribution >= 4 is 9.84 Å². The van der Waals surface area contributed by atoms with Crippen molar-refractivity contribution in [1.82, 2.24) is 0 Å². The molecule has 27 heavy (non-hydrogen) atoms. The van der Waals surface area contributed by atoms with Crippen LogP contribution in [0.2, 0.25) is 0 Å². The Kier molecular flexibility index (Phi) is 9.02. The van der Waals surface area contributed by atoms with Gasteiger partial charge in [-0.3, -0.25) is 0 Å². The standard InChI is InChI=1S/C23H28O3S/c1-2-3-4-5-6-13-19-26-23(21-14-9-7-10-15-21)18-20-27(24,25)22-16-11-8-12-17-22/h6-18,20,23H,2-5,19H2,1H3/b13-6+,20-18+/t23-/m0/s1. The molecule has 0 aliphatic heterocycles. The van der Waals surface area contributed by atoms with Crippen molar-refractivity contribution in [2.75, 3.05) is 6.61 Å². The first-order valence-electron chi connectivity index (χ1n) is 9.43. The summed E-state index contributed by atoms with van der Waals surface area (Å²) in [5, 5.41) is 1.24. The van der Waals surface area contributed by atoms with Crippen LogP contribution in [-0.4, -0.2) is 15.0 Å².